The Bertz CT molecular complexity index is 954. The number of thioether (sulfide) groups is 1. The second-order valence-corrected chi connectivity index (χ2v) is 7.23. The van der Waals surface area contributed by atoms with E-state index in [-0.39, 0.29) is 11.5 Å². The van der Waals surface area contributed by atoms with Crippen LogP contribution in [0.4, 0.5) is 4.39 Å². The van der Waals surface area contributed by atoms with Gasteiger partial charge in [0, 0.05) is 6.54 Å². The third-order valence-corrected chi connectivity index (χ3v) is 5.01. The number of ether oxygens (including phenoxy) is 1. The van der Waals surface area contributed by atoms with Crippen LogP contribution < -0.4 is 4.74 Å². The van der Waals surface area contributed by atoms with Crippen molar-refractivity contribution in [3.05, 3.63) is 83.0 Å². The number of carbonyl (C=O) groups is 2. The molecular formula is C20H14FNO3S2. The quantitative estimate of drug-likeness (QED) is 0.245. The Balaban J connectivity index is 1.77. The van der Waals surface area contributed by atoms with Gasteiger partial charge in [0.15, 0.2) is 0 Å². The van der Waals surface area contributed by atoms with Gasteiger partial charge in [-0.25, -0.2) is 9.18 Å². The van der Waals surface area contributed by atoms with Gasteiger partial charge in [-0.1, -0.05) is 42.2 Å². The minimum Gasteiger partial charge on any atom is -0.423 e. The van der Waals surface area contributed by atoms with Crippen LogP contribution in [0.25, 0.3) is 6.08 Å². The van der Waals surface area contributed by atoms with Crippen molar-refractivity contribution in [1.82, 2.24) is 4.90 Å². The van der Waals surface area contributed by atoms with Gasteiger partial charge < -0.3 is 4.74 Å². The van der Waals surface area contributed by atoms with E-state index in [2.05, 4.69) is 6.58 Å². The second-order valence-electron chi connectivity index (χ2n) is 5.55. The highest BCUT2D eigenvalue weighted by Gasteiger charge is 2.30. The molecule has 1 saturated heterocycles. The van der Waals surface area contributed by atoms with Gasteiger partial charge in [0.05, 0.1) is 10.5 Å². The molecule has 1 heterocycles. The molecular weight excluding hydrogens is 385 g/mol. The van der Waals surface area contributed by atoms with Crippen LogP contribution in [0, 0.1) is 5.82 Å². The maximum atomic E-state index is 13.0. The fraction of sp³-hybridized carbons (Fsp3) is 0.0500. The van der Waals surface area contributed by atoms with Gasteiger partial charge in [0.25, 0.3) is 5.91 Å². The van der Waals surface area contributed by atoms with Crippen LogP contribution in [0.2, 0.25) is 0 Å². The van der Waals surface area contributed by atoms with Crippen LogP contribution in [0.5, 0.6) is 5.75 Å². The summed E-state index contributed by atoms with van der Waals surface area (Å²) in [6.45, 7) is 3.98. The first-order valence-corrected chi connectivity index (χ1v) is 9.14. The van der Waals surface area contributed by atoms with Crippen LogP contribution in [0.1, 0.15) is 15.9 Å². The molecule has 7 heteroatoms. The third-order valence-electron chi connectivity index (χ3n) is 3.63. The SMILES string of the molecule is C=CCN1C(=O)/C(=C/c2cccc(OC(=O)c3ccc(F)cc3)c2)SC1=S. The first kappa shape index (κ1) is 19.0. The standard InChI is InChI=1S/C20H14FNO3S2/c1-2-10-22-18(23)17(27-20(22)26)12-13-4-3-5-16(11-13)25-19(24)14-6-8-15(21)9-7-14/h2-9,11-12H,1,10H2/b17-12-. The van der Waals surface area contributed by atoms with Crippen molar-refractivity contribution in [2.24, 2.45) is 0 Å². The number of carbonyl (C=O) groups excluding carboxylic acids is 2. The first-order chi connectivity index (χ1) is 13.0. The summed E-state index contributed by atoms with van der Waals surface area (Å²) < 4.78 is 18.8. The van der Waals surface area contributed by atoms with Crippen molar-refractivity contribution < 1.29 is 18.7 Å². The molecule has 1 aliphatic heterocycles. The molecule has 2 aromatic carbocycles. The molecule has 0 N–H and O–H groups in total. The summed E-state index contributed by atoms with van der Waals surface area (Å²) in [6, 6.07) is 11.9. The topological polar surface area (TPSA) is 46.6 Å². The average molecular weight is 399 g/mol. The molecule has 0 radical (unpaired) electrons. The summed E-state index contributed by atoms with van der Waals surface area (Å²) in [5, 5.41) is 0. The maximum Gasteiger partial charge on any atom is 0.343 e. The van der Waals surface area contributed by atoms with E-state index in [0.29, 0.717) is 27.1 Å². The zero-order valence-corrected chi connectivity index (χ0v) is 15.7. The number of benzene rings is 2. The van der Waals surface area contributed by atoms with E-state index in [4.69, 9.17) is 17.0 Å². The molecule has 0 aliphatic carbocycles. The van der Waals surface area contributed by atoms with Crippen LogP contribution in [0.3, 0.4) is 0 Å². The Morgan fingerprint density at radius 1 is 1.26 bits per heavy atom. The lowest BCUT2D eigenvalue weighted by molar-refractivity contribution is -0.121. The van der Waals surface area contributed by atoms with Crippen LogP contribution >= 0.6 is 24.0 Å². The van der Waals surface area contributed by atoms with Crippen molar-refractivity contribution in [2.75, 3.05) is 6.54 Å². The molecule has 136 valence electrons. The van der Waals surface area contributed by atoms with Crippen molar-refractivity contribution in [3.8, 4) is 5.75 Å². The Morgan fingerprint density at radius 3 is 2.70 bits per heavy atom. The van der Waals surface area contributed by atoms with E-state index in [9.17, 15) is 14.0 Å². The Hall–Kier alpha value is -2.77. The number of thiocarbonyl (C=S) groups is 1. The summed E-state index contributed by atoms with van der Waals surface area (Å²) in [5.74, 6) is -0.884. The van der Waals surface area contributed by atoms with Crippen LogP contribution in [0.15, 0.2) is 66.1 Å². The molecule has 27 heavy (non-hydrogen) atoms. The molecule has 0 bridgehead atoms. The predicted octanol–water partition coefficient (Wildman–Crippen LogP) is 4.43. The molecule has 4 nitrogen and oxygen atoms in total. The molecule has 1 aliphatic rings. The number of hydrogen-bond acceptors (Lipinski definition) is 5. The maximum absolute atomic E-state index is 13.0. The summed E-state index contributed by atoms with van der Waals surface area (Å²) in [5.41, 5.74) is 0.936. The highest BCUT2D eigenvalue weighted by Crippen LogP contribution is 2.32. The molecule has 1 fully saturated rings. The summed E-state index contributed by atoms with van der Waals surface area (Å²) >= 11 is 6.42. The molecule has 0 unspecified atom stereocenters. The van der Waals surface area contributed by atoms with Gasteiger partial charge in [-0.05, 0) is 48.0 Å². The summed E-state index contributed by atoms with van der Waals surface area (Å²) in [7, 11) is 0. The van der Waals surface area contributed by atoms with E-state index >= 15 is 0 Å². The predicted molar refractivity (Wildman–Crippen MR) is 108 cm³/mol. The molecule has 2 aromatic rings. The third kappa shape index (κ3) is 4.50. The lowest BCUT2D eigenvalue weighted by Gasteiger charge is -2.10. The minimum absolute atomic E-state index is 0.182. The van der Waals surface area contributed by atoms with Crippen LogP contribution in [-0.4, -0.2) is 27.6 Å². The fourth-order valence-electron chi connectivity index (χ4n) is 2.36. The normalized spacial score (nSPS) is 15.3. The van der Waals surface area contributed by atoms with Crippen LogP contribution in [-0.2, 0) is 4.79 Å². The number of amides is 1. The van der Waals surface area contributed by atoms with Gasteiger partial charge in [-0.2, -0.15) is 0 Å². The number of esters is 1. The van der Waals surface area contributed by atoms with Crippen molar-refractivity contribution in [3.63, 3.8) is 0 Å². The van der Waals surface area contributed by atoms with Crippen molar-refractivity contribution >= 4 is 46.3 Å². The lowest BCUT2D eigenvalue weighted by atomic mass is 10.2. The molecule has 0 spiro atoms. The lowest BCUT2D eigenvalue weighted by Crippen LogP contribution is -2.27. The fourth-order valence-corrected chi connectivity index (χ4v) is 3.63. The smallest absolute Gasteiger partial charge is 0.343 e. The van der Waals surface area contributed by atoms with Crippen molar-refractivity contribution in [2.45, 2.75) is 0 Å². The van der Waals surface area contributed by atoms with Crippen molar-refractivity contribution in [1.29, 1.82) is 0 Å². The van der Waals surface area contributed by atoms with Gasteiger partial charge in [0.2, 0.25) is 0 Å². The second kappa shape index (κ2) is 8.28. The van der Waals surface area contributed by atoms with Gasteiger partial charge in [0.1, 0.15) is 15.9 Å². The number of hydrogen-bond donors (Lipinski definition) is 0. The number of nitrogens with zero attached hydrogens (tertiary/aromatic N) is 1. The first-order valence-electron chi connectivity index (χ1n) is 7.92. The average Bonchev–Trinajstić information content (AvgIpc) is 2.90. The van der Waals surface area contributed by atoms with Gasteiger partial charge in [-0.15, -0.1) is 6.58 Å². The van der Waals surface area contributed by atoms with E-state index in [1.54, 1.807) is 36.4 Å². The van der Waals surface area contributed by atoms with Gasteiger partial charge >= 0.3 is 5.97 Å². The Labute approximate surface area is 165 Å². The van der Waals surface area contributed by atoms with E-state index in [0.717, 1.165) is 0 Å². The van der Waals surface area contributed by atoms with E-state index in [1.807, 2.05) is 0 Å². The van der Waals surface area contributed by atoms with E-state index < -0.39 is 11.8 Å². The number of rotatable bonds is 5. The monoisotopic (exact) mass is 399 g/mol. The van der Waals surface area contributed by atoms with Gasteiger partial charge in [-0.3, -0.25) is 9.69 Å². The molecule has 0 atom stereocenters. The molecule has 3 rings (SSSR count). The zero-order chi connectivity index (χ0) is 19.4. The summed E-state index contributed by atoms with van der Waals surface area (Å²) in [4.78, 5) is 26.5. The summed E-state index contributed by atoms with van der Waals surface area (Å²) in [6.07, 6.45) is 3.31. The number of halogens is 1. The molecule has 0 aromatic heterocycles. The minimum atomic E-state index is -0.593. The Kier molecular flexibility index (Phi) is 5.83. The Morgan fingerprint density at radius 2 is 2.00 bits per heavy atom. The zero-order valence-electron chi connectivity index (χ0n) is 14.1. The largest absolute Gasteiger partial charge is 0.423 e. The molecule has 1 amide bonds. The highest BCUT2D eigenvalue weighted by atomic mass is 32.2. The molecule has 0 saturated carbocycles. The highest BCUT2D eigenvalue weighted by molar-refractivity contribution is 8.26. The van der Waals surface area contributed by atoms with E-state index in [1.165, 1.54) is 40.9 Å².